The molecule has 2 aromatic heterocycles. The zero-order valence-corrected chi connectivity index (χ0v) is 16.4. The number of aromatic nitrogens is 4. The quantitative estimate of drug-likeness (QED) is 0.591. The lowest BCUT2D eigenvalue weighted by molar-refractivity contribution is 0.702. The Morgan fingerprint density at radius 2 is 1.85 bits per heavy atom. The lowest BCUT2D eigenvalue weighted by Gasteiger charge is -2.12. The molecule has 0 aliphatic carbocycles. The SMILES string of the molecule is CNCCCNc1nc2c(c(=O)n(C)c(=O)n2C)n1Cc1ccccc1Cl. The minimum absolute atomic E-state index is 0.353. The van der Waals surface area contributed by atoms with Crippen LogP contribution in [0.25, 0.3) is 11.2 Å². The summed E-state index contributed by atoms with van der Waals surface area (Å²) < 4.78 is 4.27. The maximum atomic E-state index is 12.8. The van der Waals surface area contributed by atoms with Crippen LogP contribution < -0.4 is 21.9 Å². The van der Waals surface area contributed by atoms with Gasteiger partial charge < -0.3 is 10.6 Å². The van der Waals surface area contributed by atoms with Crippen LogP contribution in [0.3, 0.4) is 0 Å². The summed E-state index contributed by atoms with van der Waals surface area (Å²) in [7, 11) is 4.98. The van der Waals surface area contributed by atoms with Gasteiger partial charge in [-0.15, -0.1) is 0 Å². The summed E-state index contributed by atoms with van der Waals surface area (Å²) in [6.45, 7) is 1.91. The van der Waals surface area contributed by atoms with E-state index in [1.165, 1.54) is 11.6 Å². The molecule has 2 heterocycles. The van der Waals surface area contributed by atoms with Crippen molar-refractivity contribution >= 4 is 28.7 Å². The van der Waals surface area contributed by atoms with E-state index in [-0.39, 0.29) is 5.56 Å². The third-order valence-corrected chi connectivity index (χ3v) is 4.89. The van der Waals surface area contributed by atoms with Gasteiger partial charge in [0.1, 0.15) is 0 Å². The fourth-order valence-electron chi connectivity index (χ4n) is 3.00. The van der Waals surface area contributed by atoms with Crippen LogP contribution in [0.1, 0.15) is 12.0 Å². The number of anilines is 1. The first-order valence-electron chi connectivity index (χ1n) is 8.73. The molecule has 144 valence electrons. The highest BCUT2D eigenvalue weighted by atomic mass is 35.5. The maximum absolute atomic E-state index is 12.8. The van der Waals surface area contributed by atoms with Crippen LogP contribution in [0.2, 0.25) is 5.02 Å². The fraction of sp³-hybridized carbons (Fsp3) is 0.389. The van der Waals surface area contributed by atoms with Crippen molar-refractivity contribution in [2.45, 2.75) is 13.0 Å². The predicted molar refractivity (Wildman–Crippen MR) is 108 cm³/mol. The third kappa shape index (κ3) is 3.63. The molecule has 0 aliphatic rings. The Morgan fingerprint density at radius 3 is 2.56 bits per heavy atom. The number of rotatable bonds is 7. The van der Waals surface area contributed by atoms with Gasteiger partial charge in [-0.25, -0.2) is 4.79 Å². The first-order chi connectivity index (χ1) is 13.0. The van der Waals surface area contributed by atoms with Crippen molar-refractivity contribution in [2.24, 2.45) is 14.1 Å². The number of nitrogens with zero attached hydrogens (tertiary/aromatic N) is 4. The predicted octanol–water partition coefficient (Wildman–Crippen LogP) is 1.16. The van der Waals surface area contributed by atoms with E-state index in [1.807, 2.05) is 31.3 Å². The topological polar surface area (TPSA) is 85.9 Å². The molecule has 0 saturated carbocycles. The first kappa shape index (κ1) is 19.2. The van der Waals surface area contributed by atoms with Crippen LogP contribution in [0.15, 0.2) is 33.9 Å². The molecule has 0 amide bonds. The van der Waals surface area contributed by atoms with Gasteiger partial charge in [-0.2, -0.15) is 4.98 Å². The van der Waals surface area contributed by atoms with E-state index in [9.17, 15) is 9.59 Å². The summed E-state index contributed by atoms with van der Waals surface area (Å²) in [5.41, 5.74) is 0.808. The molecule has 3 rings (SSSR count). The van der Waals surface area contributed by atoms with Crippen molar-refractivity contribution in [1.29, 1.82) is 0 Å². The summed E-state index contributed by atoms with van der Waals surface area (Å²) >= 11 is 6.32. The lowest BCUT2D eigenvalue weighted by Crippen LogP contribution is -2.37. The van der Waals surface area contributed by atoms with E-state index in [4.69, 9.17) is 11.6 Å². The number of hydrogen-bond acceptors (Lipinski definition) is 5. The Labute approximate surface area is 161 Å². The van der Waals surface area contributed by atoms with Crippen molar-refractivity contribution in [3.63, 3.8) is 0 Å². The molecule has 1 aromatic carbocycles. The van der Waals surface area contributed by atoms with Gasteiger partial charge in [-0.05, 0) is 31.6 Å². The standard InChI is InChI=1S/C18H23ClN6O2/c1-20-9-6-10-21-17-22-15-14(16(26)24(3)18(27)23(15)2)25(17)11-12-7-4-5-8-13(12)19/h4-5,7-8,20H,6,9-11H2,1-3H3,(H,21,22). The Bertz CT molecular complexity index is 1080. The van der Waals surface area contributed by atoms with Gasteiger partial charge in [0.2, 0.25) is 5.95 Å². The van der Waals surface area contributed by atoms with Crippen molar-refractivity contribution in [3.05, 3.63) is 55.7 Å². The molecule has 0 radical (unpaired) electrons. The molecule has 2 N–H and O–H groups in total. The van der Waals surface area contributed by atoms with Gasteiger partial charge in [0, 0.05) is 25.7 Å². The highest BCUT2D eigenvalue weighted by molar-refractivity contribution is 6.31. The number of aryl methyl sites for hydroxylation is 1. The minimum Gasteiger partial charge on any atom is -0.356 e. The molecule has 0 spiro atoms. The smallest absolute Gasteiger partial charge is 0.332 e. The average Bonchev–Trinajstić information content (AvgIpc) is 3.02. The van der Waals surface area contributed by atoms with Gasteiger partial charge in [-0.3, -0.25) is 18.5 Å². The van der Waals surface area contributed by atoms with Crippen molar-refractivity contribution in [2.75, 3.05) is 25.5 Å². The number of benzene rings is 1. The number of imidazole rings is 1. The number of halogens is 1. The molecule has 9 heteroatoms. The summed E-state index contributed by atoms with van der Waals surface area (Å²) in [5.74, 6) is 0.541. The lowest BCUT2D eigenvalue weighted by atomic mass is 10.2. The Hall–Kier alpha value is -2.58. The number of nitrogens with one attached hydrogen (secondary N) is 2. The molecule has 0 aliphatic heterocycles. The minimum atomic E-state index is -0.406. The summed E-state index contributed by atoms with van der Waals surface area (Å²) in [6, 6.07) is 7.47. The number of fused-ring (bicyclic) bond motifs is 1. The van der Waals surface area contributed by atoms with Crippen LogP contribution >= 0.6 is 11.6 Å². The monoisotopic (exact) mass is 390 g/mol. The zero-order chi connectivity index (χ0) is 19.6. The zero-order valence-electron chi connectivity index (χ0n) is 15.6. The van der Waals surface area contributed by atoms with Crippen LogP contribution in [-0.4, -0.2) is 38.8 Å². The third-order valence-electron chi connectivity index (χ3n) is 4.52. The van der Waals surface area contributed by atoms with Crippen LogP contribution in [0, 0.1) is 0 Å². The maximum Gasteiger partial charge on any atom is 0.332 e. The van der Waals surface area contributed by atoms with Crippen LogP contribution in [0.4, 0.5) is 5.95 Å². The van der Waals surface area contributed by atoms with Gasteiger partial charge in [0.15, 0.2) is 11.2 Å². The Kier molecular flexibility index (Phi) is 5.67. The molecule has 0 bridgehead atoms. The second-order valence-electron chi connectivity index (χ2n) is 6.37. The van der Waals surface area contributed by atoms with E-state index in [0.717, 1.165) is 23.1 Å². The van der Waals surface area contributed by atoms with E-state index in [0.29, 0.717) is 35.2 Å². The van der Waals surface area contributed by atoms with Crippen LogP contribution in [0.5, 0.6) is 0 Å². The summed E-state index contributed by atoms with van der Waals surface area (Å²) in [4.78, 5) is 29.6. The van der Waals surface area contributed by atoms with Crippen molar-refractivity contribution in [3.8, 4) is 0 Å². The van der Waals surface area contributed by atoms with Gasteiger partial charge in [0.05, 0.1) is 6.54 Å². The van der Waals surface area contributed by atoms with E-state index >= 15 is 0 Å². The normalized spacial score (nSPS) is 11.3. The molecule has 0 atom stereocenters. The highest BCUT2D eigenvalue weighted by Crippen LogP contribution is 2.21. The average molecular weight is 391 g/mol. The Balaban J connectivity index is 2.16. The summed E-state index contributed by atoms with van der Waals surface area (Å²) in [6.07, 6.45) is 0.892. The van der Waals surface area contributed by atoms with E-state index in [2.05, 4.69) is 15.6 Å². The van der Waals surface area contributed by atoms with E-state index in [1.54, 1.807) is 11.6 Å². The molecule has 0 unspecified atom stereocenters. The molecule has 0 saturated heterocycles. The molecule has 27 heavy (non-hydrogen) atoms. The molecule has 0 fully saturated rings. The van der Waals surface area contributed by atoms with Gasteiger partial charge >= 0.3 is 5.69 Å². The Morgan fingerprint density at radius 1 is 1.11 bits per heavy atom. The number of hydrogen-bond donors (Lipinski definition) is 2. The second kappa shape index (κ2) is 7.98. The van der Waals surface area contributed by atoms with Gasteiger partial charge in [0.25, 0.3) is 5.56 Å². The fourth-order valence-corrected chi connectivity index (χ4v) is 3.19. The second-order valence-corrected chi connectivity index (χ2v) is 6.78. The largest absolute Gasteiger partial charge is 0.356 e. The molecular formula is C18H23ClN6O2. The molecule has 3 aromatic rings. The van der Waals surface area contributed by atoms with Crippen molar-refractivity contribution < 1.29 is 0 Å². The van der Waals surface area contributed by atoms with Gasteiger partial charge in [-0.1, -0.05) is 29.8 Å². The van der Waals surface area contributed by atoms with Crippen molar-refractivity contribution in [1.82, 2.24) is 24.0 Å². The summed E-state index contributed by atoms with van der Waals surface area (Å²) in [5, 5.41) is 6.98. The molecule has 8 nitrogen and oxygen atoms in total. The highest BCUT2D eigenvalue weighted by Gasteiger charge is 2.19. The van der Waals surface area contributed by atoms with Crippen LogP contribution in [-0.2, 0) is 20.6 Å². The molecular weight excluding hydrogens is 368 g/mol. The van der Waals surface area contributed by atoms with E-state index < -0.39 is 5.69 Å². The first-order valence-corrected chi connectivity index (χ1v) is 9.11.